The Balaban J connectivity index is 1.52. The largest absolute Gasteiger partial charge is 0.391 e. The number of hydrogen-bond donors (Lipinski definition) is 1. The maximum Gasteiger partial charge on any atom is 0.0898 e. The second-order valence-electron chi connectivity index (χ2n) is 6.14. The molecule has 1 aliphatic heterocycles. The molecule has 1 aromatic carbocycles. The summed E-state index contributed by atoms with van der Waals surface area (Å²) >= 11 is 0. The monoisotopic (exact) mass is 316 g/mol. The van der Waals surface area contributed by atoms with Gasteiger partial charge in [0.2, 0.25) is 0 Å². The van der Waals surface area contributed by atoms with Gasteiger partial charge in [0, 0.05) is 31.7 Å². The van der Waals surface area contributed by atoms with Gasteiger partial charge in [0.15, 0.2) is 0 Å². The van der Waals surface area contributed by atoms with E-state index < -0.39 is 0 Å². The van der Waals surface area contributed by atoms with Gasteiger partial charge < -0.3 is 9.84 Å². The highest BCUT2D eigenvalue weighted by Crippen LogP contribution is 2.20. The average molecular weight is 316 g/mol. The number of nitrogens with zero attached hydrogens (tertiary/aromatic N) is 4. The third kappa shape index (κ3) is 4.37. The molecule has 6 heteroatoms. The first-order valence-corrected chi connectivity index (χ1v) is 8.13. The number of hydrogen-bond acceptors (Lipinski definition) is 5. The molecule has 1 aliphatic rings. The van der Waals surface area contributed by atoms with Gasteiger partial charge in [-0.05, 0) is 5.56 Å². The van der Waals surface area contributed by atoms with Crippen molar-refractivity contribution in [2.75, 3.05) is 26.2 Å². The molecule has 124 valence electrons. The molecule has 3 atom stereocenters. The van der Waals surface area contributed by atoms with Crippen LogP contribution in [0.2, 0.25) is 0 Å². The van der Waals surface area contributed by atoms with E-state index in [1.54, 1.807) is 10.9 Å². The summed E-state index contributed by atoms with van der Waals surface area (Å²) < 4.78 is 7.59. The molecule has 0 amide bonds. The van der Waals surface area contributed by atoms with Gasteiger partial charge >= 0.3 is 0 Å². The highest BCUT2D eigenvalue weighted by molar-refractivity contribution is 5.19. The van der Waals surface area contributed by atoms with Crippen molar-refractivity contribution in [1.29, 1.82) is 0 Å². The van der Waals surface area contributed by atoms with Crippen LogP contribution in [0.4, 0.5) is 0 Å². The molecule has 0 aliphatic carbocycles. The minimum atomic E-state index is -0.387. The lowest BCUT2D eigenvalue weighted by Crippen LogP contribution is -2.47. The van der Waals surface area contributed by atoms with Gasteiger partial charge in [-0.1, -0.05) is 42.5 Å². The molecule has 2 aromatic rings. The molecule has 0 saturated carbocycles. The fourth-order valence-electron chi connectivity index (χ4n) is 3.00. The lowest BCUT2D eigenvalue weighted by Gasteiger charge is -2.35. The Morgan fingerprint density at radius 1 is 1.35 bits per heavy atom. The summed E-state index contributed by atoms with van der Waals surface area (Å²) in [6.07, 6.45) is 3.22. The topological polar surface area (TPSA) is 63.4 Å². The van der Waals surface area contributed by atoms with Gasteiger partial charge in [-0.3, -0.25) is 4.90 Å². The van der Waals surface area contributed by atoms with E-state index in [2.05, 4.69) is 34.3 Å². The van der Waals surface area contributed by atoms with Crippen molar-refractivity contribution in [2.45, 2.75) is 31.6 Å². The average Bonchev–Trinajstić information content (AvgIpc) is 3.08. The Morgan fingerprint density at radius 3 is 2.91 bits per heavy atom. The molecule has 23 heavy (non-hydrogen) atoms. The highest BCUT2D eigenvalue weighted by atomic mass is 16.5. The summed E-state index contributed by atoms with van der Waals surface area (Å²) in [7, 11) is 0. The van der Waals surface area contributed by atoms with Crippen molar-refractivity contribution in [3.05, 3.63) is 48.3 Å². The Bertz CT molecular complexity index is 576. The van der Waals surface area contributed by atoms with Crippen LogP contribution in [0.1, 0.15) is 18.4 Å². The predicted molar refractivity (Wildman–Crippen MR) is 87.1 cm³/mol. The Labute approximate surface area is 136 Å². The first-order chi connectivity index (χ1) is 11.2. The first kappa shape index (κ1) is 16.1. The first-order valence-electron chi connectivity index (χ1n) is 8.13. The fourth-order valence-corrected chi connectivity index (χ4v) is 3.00. The number of morpholine rings is 1. The molecule has 3 rings (SSSR count). The SMILES string of the molecule is CC(c1ccccc1)C(O)CN1CCOC(Cn2ccnn2)C1. The van der Waals surface area contributed by atoms with Gasteiger partial charge in [-0.25, -0.2) is 4.68 Å². The number of benzene rings is 1. The Hall–Kier alpha value is -1.76. The van der Waals surface area contributed by atoms with E-state index in [-0.39, 0.29) is 18.1 Å². The van der Waals surface area contributed by atoms with Crippen molar-refractivity contribution in [3.8, 4) is 0 Å². The number of rotatable bonds is 6. The smallest absolute Gasteiger partial charge is 0.0898 e. The standard InChI is InChI=1S/C17H24N4O2/c1-14(15-5-3-2-4-6-15)17(22)13-20-9-10-23-16(11-20)12-21-8-7-18-19-21/h2-8,14,16-17,22H,9-13H2,1H3. The van der Waals surface area contributed by atoms with E-state index >= 15 is 0 Å². The van der Waals surface area contributed by atoms with Crippen LogP contribution in [-0.2, 0) is 11.3 Å². The van der Waals surface area contributed by atoms with Crippen LogP contribution in [0.5, 0.6) is 0 Å². The summed E-state index contributed by atoms with van der Waals surface area (Å²) in [5.74, 6) is 0.118. The molecule has 1 fully saturated rings. The number of aliphatic hydroxyl groups excluding tert-OH is 1. The minimum absolute atomic E-state index is 0.0877. The van der Waals surface area contributed by atoms with Crippen LogP contribution < -0.4 is 0 Å². The quantitative estimate of drug-likeness (QED) is 0.866. The lowest BCUT2D eigenvalue weighted by molar-refractivity contribution is -0.0502. The van der Waals surface area contributed by atoms with Crippen LogP contribution in [0, 0.1) is 0 Å². The maximum atomic E-state index is 10.6. The van der Waals surface area contributed by atoms with E-state index in [0.29, 0.717) is 19.7 Å². The van der Waals surface area contributed by atoms with Crippen molar-refractivity contribution >= 4 is 0 Å². The lowest BCUT2D eigenvalue weighted by atomic mass is 9.95. The molecule has 1 saturated heterocycles. The van der Waals surface area contributed by atoms with Gasteiger partial charge in [0.1, 0.15) is 0 Å². The maximum absolute atomic E-state index is 10.6. The molecular weight excluding hydrogens is 292 g/mol. The molecule has 3 unspecified atom stereocenters. The normalized spacial score (nSPS) is 21.9. The summed E-state index contributed by atoms with van der Waals surface area (Å²) in [6.45, 7) is 5.78. The van der Waals surface area contributed by atoms with Crippen molar-refractivity contribution in [3.63, 3.8) is 0 Å². The van der Waals surface area contributed by atoms with Crippen LogP contribution >= 0.6 is 0 Å². The number of β-amino-alcohol motifs (C(OH)–C–C–N with tert-alkyl or cyclic N) is 1. The third-order valence-electron chi connectivity index (χ3n) is 4.43. The van der Waals surface area contributed by atoms with Gasteiger partial charge in [0.25, 0.3) is 0 Å². The van der Waals surface area contributed by atoms with Gasteiger partial charge in [-0.2, -0.15) is 0 Å². The van der Waals surface area contributed by atoms with Crippen LogP contribution in [0.25, 0.3) is 0 Å². The Morgan fingerprint density at radius 2 is 2.17 bits per heavy atom. The van der Waals surface area contributed by atoms with Gasteiger partial charge in [0.05, 0.1) is 31.6 Å². The molecule has 1 aromatic heterocycles. The van der Waals surface area contributed by atoms with E-state index in [9.17, 15) is 5.11 Å². The van der Waals surface area contributed by atoms with Gasteiger partial charge in [-0.15, -0.1) is 5.10 Å². The van der Waals surface area contributed by atoms with E-state index in [0.717, 1.165) is 13.1 Å². The zero-order valence-electron chi connectivity index (χ0n) is 13.5. The second kappa shape index (κ2) is 7.68. The number of aromatic nitrogens is 3. The zero-order chi connectivity index (χ0) is 16.1. The molecule has 2 heterocycles. The summed E-state index contributed by atoms with van der Waals surface area (Å²) in [5.41, 5.74) is 1.17. The zero-order valence-corrected chi connectivity index (χ0v) is 13.5. The Kier molecular flexibility index (Phi) is 5.38. The summed E-state index contributed by atoms with van der Waals surface area (Å²) in [5, 5.41) is 18.4. The van der Waals surface area contributed by atoms with Crippen molar-refractivity contribution < 1.29 is 9.84 Å². The van der Waals surface area contributed by atoms with E-state index in [1.165, 1.54) is 5.56 Å². The fraction of sp³-hybridized carbons (Fsp3) is 0.529. The molecule has 0 radical (unpaired) electrons. The second-order valence-corrected chi connectivity index (χ2v) is 6.14. The van der Waals surface area contributed by atoms with Crippen LogP contribution in [-0.4, -0.2) is 63.4 Å². The third-order valence-corrected chi connectivity index (χ3v) is 4.43. The molecule has 0 bridgehead atoms. The number of aliphatic hydroxyl groups is 1. The van der Waals surface area contributed by atoms with E-state index in [1.807, 2.05) is 24.4 Å². The van der Waals surface area contributed by atoms with Crippen LogP contribution in [0.3, 0.4) is 0 Å². The molecular formula is C17H24N4O2. The number of ether oxygens (including phenoxy) is 1. The summed E-state index contributed by atoms with van der Waals surface area (Å²) in [4.78, 5) is 2.27. The minimum Gasteiger partial charge on any atom is -0.391 e. The van der Waals surface area contributed by atoms with Crippen molar-refractivity contribution in [2.24, 2.45) is 0 Å². The summed E-state index contributed by atoms with van der Waals surface area (Å²) in [6, 6.07) is 10.2. The predicted octanol–water partition coefficient (Wildman–Crippen LogP) is 1.14. The van der Waals surface area contributed by atoms with E-state index in [4.69, 9.17) is 4.74 Å². The molecule has 6 nitrogen and oxygen atoms in total. The molecule has 0 spiro atoms. The molecule has 1 N–H and O–H groups in total. The van der Waals surface area contributed by atoms with Crippen molar-refractivity contribution in [1.82, 2.24) is 19.9 Å². The van der Waals surface area contributed by atoms with Crippen LogP contribution in [0.15, 0.2) is 42.7 Å². The highest BCUT2D eigenvalue weighted by Gasteiger charge is 2.25.